The zero-order valence-corrected chi connectivity index (χ0v) is 21.1. The maximum absolute atomic E-state index is 15.0. The molecule has 4 aromatic rings. The Balaban J connectivity index is 1.41. The first-order valence-corrected chi connectivity index (χ1v) is 13.2. The molecule has 190 valence electrons. The highest BCUT2D eigenvalue weighted by atomic mass is 35.5. The van der Waals surface area contributed by atoms with Crippen LogP contribution < -0.4 is 16.0 Å². The van der Waals surface area contributed by atoms with Crippen molar-refractivity contribution in [3.63, 3.8) is 0 Å². The molecular weight excluding hydrogens is 517 g/mol. The van der Waals surface area contributed by atoms with Gasteiger partial charge in [0.25, 0.3) is 5.91 Å². The van der Waals surface area contributed by atoms with Crippen LogP contribution >= 0.6 is 22.9 Å². The minimum absolute atomic E-state index is 0.0439. The van der Waals surface area contributed by atoms with Crippen molar-refractivity contribution in [2.24, 2.45) is 0 Å². The zero-order chi connectivity index (χ0) is 25.5. The first-order valence-electron chi connectivity index (χ1n) is 12.0. The molecule has 1 saturated carbocycles. The van der Waals surface area contributed by atoms with Crippen molar-refractivity contribution < 1.29 is 14.3 Å². The molecule has 0 radical (unpaired) electrons. The van der Waals surface area contributed by atoms with Gasteiger partial charge in [-0.2, -0.15) is 5.10 Å². The second-order valence-electron chi connectivity index (χ2n) is 9.29. The van der Waals surface area contributed by atoms with E-state index in [1.807, 2.05) is 10.6 Å². The van der Waals surface area contributed by atoms with E-state index in [0.29, 0.717) is 41.4 Å². The summed E-state index contributed by atoms with van der Waals surface area (Å²) in [5, 5.41) is 22.6. The number of fused-ring (bicyclic) bond motifs is 1. The summed E-state index contributed by atoms with van der Waals surface area (Å²) < 4.78 is 17.4. The number of aromatic amines is 1. The number of thiazole rings is 1. The molecule has 4 unspecified atom stereocenters. The molecule has 3 heterocycles. The second kappa shape index (κ2) is 9.81. The van der Waals surface area contributed by atoms with Gasteiger partial charge in [-0.3, -0.25) is 9.89 Å². The fraction of sp³-hybridized carbons (Fsp3) is 0.320. The highest BCUT2D eigenvalue weighted by molar-refractivity contribution is 7.17. The molecule has 1 amide bonds. The molecule has 1 fully saturated rings. The first kappa shape index (κ1) is 24.0. The molecule has 1 aromatic carbocycles. The van der Waals surface area contributed by atoms with Crippen molar-refractivity contribution in [2.75, 3.05) is 0 Å². The number of amides is 1. The van der Waals surface area contributed by atoms with E-state index < -0.39 is 6.10 Å². The summed E-state index contributed by atoms with van der Waals surface area (Å²) in [4.78, 5) is 26.0. The summed E-state index contributed by atoms with van der Waals surface area (Å²) in [5.74, 6) is 0.474. The van der Waals surface area contributed by atoms with Gasteiger partial charge in [0.05, 0.1) is 28.6 Å². The Morgan fingerprint density at radius 3 is 2.86 bits per heavy atom. The van der Waals surface area contributed by atoms with Crippen LogP contribution in [0.5, 0.6) is 0 Å². The predicted octanol–water partition coefficient (Wildman–Crippen LogP) is 2.55. The molecule has 2 aliphatic rings. The number of benzene rings is 1. The minimum atomic E-state index is -0.659. The number of halogens is 2. The number of aliphatic hydroxyl groups is 1. The molecular formula is C25H23ClFN7O2S. The van der Waals surface area contributed by atoms with E-state index in [2.05, 4.69) is 31.6 Å². The first-order chi connectivity index (χ1) is 18.0. The average molecular weight is 540 g/mol. The average Bonchev–Trinajstić information content (AvgIpc) is 3.63. The Kier molecular flexibility index (Phi) is 6.35. The van der Waals surface area contributed by atoms with Crippen LogP contribution in [-0.4, -0.2) is 52.9 Å². The molecule has 6 rings (SSSR count). The topological polar surface area (TPSA) is 122 Å². The Morgan fingerprint density at radius 1 is 1.24 bits per heavy atom. The third kappa shape index (κ3) is 4.70. The summed E-state index contributed by atoms with van der Waals surface area (Å²) in [6.07, 6.45) is 8.41. The lowest BCUT2D eigenvalue weighted by molar-refractivity contribution is 0.0737. The van der Waals surface area contributed by atoms with Crippen LogP contribution in [0.2, 0.25) is 4.34 Å². The SMILES string of the molecule is O=C(NC1CC(O)CC(n2c(-c3ccccc3F)nc3c2=CC(c2ncn[nH]2)CC=3)C1)c1ncc(Cl)s1. The standard InChI is InChI=1S/C25H23ClFN7O2S/c26-21-11-28-25(37-21)24(36)31-14-8-15(10-16(35)9-14)34-20-7-13(22-29-12-30-33-22)5-6-19(20)32-23(34)17-3-1-2-4-18(17)27/h1-4,6-7,11-16,35H,5,8-10H2,(H,31,36)(H,29,30,33). The summed E-state index contributed by atoms with van der Waals surface area (Å²) in [7, 11) is 0. The number of carbonyl (C=O) groups excluding carboxylic acids is 1. The van der Waals surface area contributed by atoms with Crippen LogP contribution in [-0.2, 0) is 0 Å². The van der Waals surface area contributed by atoms with E-state index in [-0.39, 0.29) is 34.7 Å². The number of hydrogen-bond donors (Lipinski definition) is 3. The van der Waals surface area contributed by atoms with Gasteiger partial charge in [0, 0.05) is 18.0 Å². The maximum atomic E-state index is 15.0. The van der Waals surface area contributed by atoms with Crippen LogP contribution in [0.4, 0.5) is 4.39 Å². The lowest BCUT2D eigenvalue weighted by Crippen LogP contribution is -2.45. The van der Waals surface area contributed by atoms with Crippen LogP contribution in [0.25, 0.3) is 23.5 Å². The van der Waals surface area contributed by atoms with Gasteiger partial charge in [0.2, 0.25) is 0 Å². The van der Waals surface area contributed by atoms with E-state index >= 15 is 0 Å². The van der Waals surface area contributed by atoms with Gasteiger partial charge < -0.3 is 15.0 Å². The number of nitrogens with zero attached hydrogens (tertiary/aromatic N) is 5. The summed E-state index contributed by atoms with van der Waals surface area (Å²) in [6.45, 7) is 0. The fourth-order valence-electron chi connectivity index (χ4n) is 5.26. The summed E-state index contributed by atoms with van der Waals surface area (Å²) in [6, 6.07) is 5.99. The molecule has 3 aromatic heterocycles. The highest BCUT2D eigenvalue weighted by Crippen LogP contribution is 2.33. The molecule has 9 nitrogen and oxygen atoms in total. The molecule has 0 aliphatic heterocycles. The Hall–Kier alpha value is -3.41. The number of rotatable bonds is 5. The number of hydrogen-bond acceptors (Lipinski definition) is 7. The highest BCUT2D eigenvalue weighted by Gasteiger charge is 2.33. The van der Waals surface area contributed by atoms with E-state index in [1.165, 1.54) is 18.6 Å². The van der Waals surface area contributed by atoms with Crippen molar-refractivity contribution in [3.05, 3.63) is 68.5 Å². The number of H-pyrrole nitrogens is 1. The van der Waals surface area contributed by atoms with E-state index in [0.717, 1.165) is 27.9 Å². The second-order valence-corrected chi connectivity index (χ2v) is 11.0. The zero-order valence-electron chi connectivity index (χ0n) is 19.5. The Labute approximate surface area is 219 Å². The number of aromatic nitrogens is 6. The van der Waals surface area contributed by atoms with Crippen molar-refractivity contribution in [1.29, 1.82) is 0 Å². The molecule has 4 atom stereocenters. The summed E-state index contributed by atoms with van der Waals surface area (Å²) in [5.41, 5.74) is 0.382. The van der Waals surface area contributed by atoms with E-state index in [9.17, 15) is 14.3 Å². The quantitative estimate of drug-likeness (QED) is 0.358. The molecule has 12 heteroatoms. The lowest BCUT2D eigenvalue weighted by Gasteiger charge is -2.34. The van der Waals surface area contributed by atoms with E-state index in [4.69, 9.17) is 16.6 Å². The van der Waals surface area contributed by atoms with Gasteiger partial charge in [-0.25, -0.2) is 19.3 Å². The van der Waals surface area contributed by atoms with Gasteiger partial charge in [0.1, 0.15) is 28.1 Å². The van der Waals surface area contributed by atoms with Crippen molar-refractivity contribution >= 4 is 41.0 Å². The van der Waals surface area contributed by atoms with Gasteiger partial charge in [0.15, 0.2) is 5.01 Å². The van der Waals surface area contributed by atoms with Crippen LogP contribution in [0.15, 0.2) is 36.8 Å². The van der Waals surface area contributed by atoms with Gasteiger partial charge in [-0.15, -0.1) is 0 Å². The van der Waals surface area contributed by atoms with Crippen molar-refractivity contribution in [1.82, 2.24) is 35.0 Å². The van der Waals surface area contributed by atoms with Gasteiger partial charge >= 0.3 is 0 Å². The minimum Gasteiger partial charge on any atom is -0.393 e. The van der Waals surface area contributed by atoms with Gasteiger partial charge in [-0.1, -0.05) is 41.1 Å². The van der Waals surface area contributed by atoms with Crippen LogP contribution in [0, 0.1) is 5.82 Å². The fourth-order valence-corrected chi connectivity index (χ4v) is 6.07. The van der Waals surface area contributed by atoms with E-state index in [1.54, 1.807) is 18.2 Å². The monoisotopic (exact) mass is 539 g/mol. The molecule has 0 bridgehead atoms. The third-order valence-corrected chi connectivity index (χ3v) is 7.94. The third-order valence-electron chi connectivity index (χ3n) is 6.83. The lowest BCUT2D eigenvalue weighted by atomic mass is 9.88. The summed E-state index contributed by atoms with van der Waals surface area (Å²) >= 11 is 7.05. The predicted molar refractivity (Wildman–Crippen MR) is 137 cm³/mol. The number of nitrogens with one attached hydrogen (secondary N) is 2. The van der Waals surface area contributed by atoms with Crippen molar-refractivity contribution in [3.8, 4) is 11.4 Å². The largest absolute Gasteiger partial charge is 0.393 e. The Morgan fingerprint density at radius 2 is 2.11 bits per heavy atom. The van der Waals surface area contributed by atoms with Crippen LogP contribution in [0.3, 0.4) is 0 Å². The Bertz CT molecular complexity index is 1570. The molecule has 0 saturated heterocycles. The van der Waals surface area contributed by atoms with Gasteiger partial charge in [-0.05, 0) is 43.9 Å². The normalized spacial score (nSPS) is 23.1. The molecule has 0 spiro atoms. The smallest absolute Gasteiger partial charge is 0.280 e. The molecule has 2 aliphatic carbocycles. The molecule has 37 heavy (non-hydrogen) atoms. The number of carbonyl (C=O) groups is 1. The number of aliphatic hydroxyl groups excluding tert-OH is 1. The number of imidazole rings is 1. The molecule has 3 N–H and O–H groups in total. The van der Waals surface area contributed by atoms with Crippen molar-refractivity contribution in [2.45, 2.75) is 49.8 Å². The maximum Gasteiger partial charge on any atom is 0.280 e. The van der Waals surface area contributed by atoms with Crippen LogP contribution in [0.1, 0.15) is 53.3 Å².